The molecule has 0 bridgehead atoms. The van der Waals surface area contributed by atoms with E-state index in [0.29, 0.717) is 35.1 Å². The molecule has 2 atom stereocenters. The van der Waals surface area contributed by atoms with Gasteiger partial charge in [0.15, 0.2) is 0 Å². The zero-order valence-electron chi connectivity index (χ0n) is 16.9. The van der Waals surface area contributed by atoms with Crippen molar-refractivity contribution < 1.29 is 9.90 Å². The van der Waals surface area contributed by atoms with Gasteiger partial charge in [-0.2, -0.15) is 0 Å². The number of hydrogen-bond donors (Lipinski definition) is 3. The van der Waals surface area contributed by atoms with Crippen LogP contribution in [0.25, 0.3) is 11.0 Å². The largest absolute Gasteiger partial charge is 0.393 e. The standard InChI is InChI=1S/C23H27ClN4O2/c24-18-8-5-4-6-16(18)13-26-23-27-19-12-15(22(25)30)10-11-20(19)28(23)14-17-7-2-1-3-9-21(17)29/h4-6,8,10-12,17,21,29H,1-3,7,9,13-14H2,(H2,25,30)(H,26,27)/t17-,21-/m1/s1. The van der Waals surface area contributed by atoms with E-state index in [1.54, 1.807) is 12.1 Å². The molecule has 30 heavy (non-hydrogen) atoms. The topological polar surface area (TPSA) is 93.2 Å². The van der Waals surface area contributed by atoms with Crippen molar-refractivity contribution >= 4 is 34.5 Å². The van der Waals surface area contributed by atoms with Crippen molar-refractivity contribution in [3.63, 3.8) is 0 Å². The molecule has 1 fully saturated rings. The molecule has 0 unspecified atom stereocenters. The first-order chi connectivity index (χ1) is 14.5. The van der Waals surface area contributed by atoms with Crippen LogP contribution in [0, 0.1) is 5.92 Å². The summed E-state index contributed by atoms with van der Waals surface area (Å²) in [4.78, 5) is 16.3. The molecule has 1 aliphatic rings. The first-order valence-corrected chi connectivity index (χ1v) is 10.9. The van der Waals surface area contributed by atoms with Crippen LogP contribution in [0.4, 0.5) is 5.95 Å². The fourth-order valence-electron chi connectivity index (χ4n) is 4.23. The highest BCUT2D eigenvalue weighted by Crippen LogP contribution is 2.29. The van der Waals surface area contributed by atoms with Crippen LogP contribution in [-0.4, -0.2) is 26.7 Å². The quantitative estimate of drug-likeness (QED) is 0.511. The summed E-state index contributed by atoms with van der Waals surface area (Å²) in [6.45, 7) is 1.19. The number of nitrogens with zero attached hydrogens (tertiary/aromatic N) is 2. The molecule has 7 heteroatoms. The van der Waals surface area contributed by atoms with Gasteiger partial charge in [0.25, 0.3) is 0 Å². The smallest absolute Gasteiger partial charge is 0.248 e. The predicted octanol–water partition coefficient (Wildman–Crippen LogP) is 4.34. The number of halogens is 1. The monoisotopic (exact) mass is 426 g/mol. The molecule has 0 saturated heterocycles. The number of aromatic nitrogens is 2. The van der Waals surface area contributed by atoms with Gasteiger partial charge in [0, 0.05) is 29.6 Å². The zero-order valence-corrected chi connectivity index (χ0v) is 17.6. The number of amides is 1. The summed E-state index contributed by atoms with van der Waals surface area (Å²) in [6, 6.07) is 13.0. The summed E-state index contributed by atoms with van der Waals surface area (Å²) in [5, 5.41) is 14.7. The summed E-state index contributed by atoms with van der Waals surface area (Å²) in [5.74, 6) is 0.390. The summed E-state index contributed by atoms with van der Waals surface area (Å²) in [5.41, 5.74) is 8.48. The second-order valence-corrected chi connectivity index (χ2v) is 8.43. The number of carbonyl (C=O) groups excluding carboxylic acids is 1. The van der Waals surface area contributed by atoms with E-state index in [9.17, 15) is 9.90 Å². The summed E-state index contributed by atoms with van der Waals surface area (Å²) in [6.07, 6.45) is 4.88. The maximum absolute atomic E-state index is 11.6. The molecule has 158 valence electrons. The van der Waals surface area contributed by atoms with Crippen LogP contribution < -0.4 is 11.1 Å². The minimum Gasteiger partial charge on any atom is -0.393 e. The Hall–Kier alpha value is -2.57. The number of nitrogens with two attached hydrogens (primary N) is 1. The minimum absolute atomic E-state index is 0.168. The number of anilines is 1. The number of primary amides is 1. The average molecular weight is 427 g/mol. The third-order valence-corrected chi connectivity index (χ3v) is 6.33. The van der Waals surface area contributed by atoms with Gasteiger partial charge in [-0.25, -0.2) is 4.98 Å². The Bertz CT molecular complexity index is 1050. The lowest BCUT2D eigenvalue weighted by molar-refractivity contribution is 0.0918. The van der Waals surface area contributed by atoms with E-state index < -0.39 is 5.91 Å². The molecule has 0 aliphatic heterocycles. The number of imidazole rings is 1. The number of rotatable bonds is 6. The molecule has 3 aromatic rings. The van der Waals surface area contributed by atoms with E-state index in [0.717, 1.165) is 43.2 Å². The fourth-order valence-corrected chi connectivity index (χ4v) is 4.43. The van der Waals surface area contributed by atoms with Crippen LogP contribution in [0.5, 0.6) is 0 Å². The first kappa shape index (κ1) is 20.7. The SMILES string of the molecule is NC(=O)c1ccc2c(c1)nc(NCc1ccccc1Cl)n2C[C@H]1CCCCC[C@H]1O. The number of nitrogens with one attached hydrogen (secondary N) is 1. The van der Waals surface area contributed by atoms with Crippen molar-refractivity contribution in [2.45, 2.75) is 51.3 Å². The van der Waals surface area contributed by atoms with E-state index in [2.05, 4.69) is 9.88 Å². The van der Waals surface area contributed by atoms with Crippen molar-refractivity contribution in [2.75, 3.05) is 5.32 Å². The predicted molar refractivity (Wildman–Crippen MR) is 120 cm³/mol. The molecule has 0 spiro atoms. The number of aliphatic hydroxyl groups is 1. The number of carbonyl (C=O) groups is 1. The van der Waals surface area contributed by atoms with Gasteiger partial charge in [-0.15, -0.1) is 0 Å². The van der Waals surface area contributed by atoms with Gasteiger partial charge in [-0.1, -0.05) is 49.1 Å². The van der Waals surface area contributed by atoms with Crippen molar-refractivity contribution in [2.24, 2.45) is 11.7 Å². The molecule has 1 saturated carbocycles. The van der Waals surface area contributed by atoms with Crippen LogP contribution in [0.3, 0.4) is 0 Å². The molecule has 1 amide bonds. The Balaban J connectivity index is 1.68. The van der Waals surface area contributed by atoms with Crippen LogP contribution in [0.2, 0.25) is 5.02 Å². The summed E-state index contributed by atoms with van der Waals surface area (Å²) < 4.78 is 2.11. The molecule has 4 rings (SSSR count). The molecular weight excluding hydrogens is 400 g/mol. The molecule has 0 radical (unpaired) electrons. The highest BCUT2D eigenvalue weighted by Gasteiger charge is 2.24. The number of fused-ring (bicyclic) bond motifs is 1. The van der Waals surface area contributed by atoms with Crippen molar-refractivity contribution in [3.8, 4) is 0 Å². The van der Waals surface area contributed by atoms with Crippen molar-refractivity contribution in [3.05, 3.63) is 58.6 Å². The van der Waals surface area contributed by atoms with E-state index >= 15 is 0 Å². The van der Waals surface area contributed by atoms with Crippen LogP contribution >= 0.6 is 11.6 Å². The van der Waals surface area contributed by atoms with E-state index in [-0.39, 0.29) is 12.0 Å². The van der Waals surface area contributed by atoms with E-state index in [1.807, 2.05) is 30.3 Å². The lowest BCUT2D eigenvalue weighted by Gasteiger charge is -2.22. The van der Waals surface area contributed by atoms with Gasteiger partial charge in [0.05, 0.1) is 17.1 Å². The third kappa shape index (κ3) is 4.45. The lowest BCUT2D eigenvalue weighted by atomic mass is 9.97. The Morgan fingerprint density at radius 2 is 2.00 bits per heavy atom. The van der Waals surface area contributed by atoms with Gasteiger partial charge in [-0.3, -0.25) is 4.79 Å². The lowest BCUT2D eigenvalue weighted by Crippen LogP contribution is -2.24. The molecule has 2 aromatic carbocycles. The van der Waals surface area contributed by atoms with Gasteiger partial charge in [0.1, 0.15) is 0 Å². The summed E-state index contributed by atoms with van der Waals surface area (Å²) >= 11 is 6.31. The minimum atomic E-state index is -0.476. The van der Waals surface area contributed by atoms with Crippen LogP contribution in [0.1, 0.15) is 48.0 Å². The van der Waals surface area contributed by atoms with Crippen molar-refractivity contribution in [1.29, 1.82) is 0 Å². The third-order valence-electron chi connectivity index (χ3n) is 5.96. The van der Waals surface area contributed by atoms with Gasteiger partial charge in [0.2, 0.25) is 11.9 Å². The van der Waals surface area contributed by atoms with E-state index in [4.69, 9.17) is 22.3 Å². The highest BCUT2D eigenvalue weighted by molar-refractivity contribution is 6.31. The van der Waals surface area contributed by atoms with Crippen molar-refractivity contribution in [1.82, 2.24) is 9.55 Å². The maximum atomic E-state index is 11.6. The average Bonchev–Trinajstić information content (AvgIpc) is 2.94. The Kier molecular flexibility index (Phi) is 6.25. The number of aliphatic hydroxyl groups excluding tert-OH is 1. The zero-order chi connectivity index (χ0) is 21.1. The van der Waals surface area contributed by atoms with Gasteiger partial charge < -0.3 is 20.7 Å². The maximum Gasteiger partial charge on any atom is 0.248 e. The van der Waals surface area contributed by atoms with Gasteiger partial charge in [-0.05, 0) is 42.7 Å². The molecule has 6 nitrogen and oxygen atoms in total. The highest BCUT2D eigenvalue weighted by atomic mass is 35.5. The van der Waals surface area contributed by atoms with Crippen LogP contribution in [-0.2, 0) is 13.1 Å². The Labute approximate surface area is 181 Å². The molecule has 1 heterocycles. The number of hydrogen-bond acceptors (Lipinski definition) is 4. The molecular formula is C23H27ClN4O2. The second-order valence-electron chi connectivity index (χ2n) is 8.02. The normalized spacial score (nSPS) is 19.5. The summed E-state index contributed by atoms with van der Waals surface area (Å²) in [7, 11) is 0. The van der Waals surface area contributed by atoms with Crippen LogP contribution in [0.15, 0.2) is 42.5 Å². The Morgan fingerprint density at radius 3 is 2.80 bits per heavy atom. The molecule has 1 aromatic heterocycles. The molecule has 4 N–H and O–H groups in total. The first-order valence-electron chi connectivity index (χ1n) is 10.5. The second kappa shape index (κ2) is 9.06. The van der Waals surface area contributed by atoms with E-state index in [1.165, 1.54) is 0 Å². The van der Waals surface area contributed by atoms with Gasteiger partial charge >= 0.3 is 0 Å². The fraction of sp³-hybridized carbons (Fsp3) is 0.391. The number of benzene rings is 2. The Morgan fingerprint density at radius 1 is 1.20 bits per heavy atom. The molecule has 1 aliphatic carbocycles.